The molecular formula is C25H22ClNO2. The first-order valence-electron chi connectivity index (χ1n) is 9.52. The molecule has 1 amide bonds. The van der Waals surface area contributed by atoms with Crippen LogP contribution in [0.3, 0.4) is 0 Å². The molecule has 0 aromatic heterocycles. The molecule has 0 unspecified atom stereocenters. The molecule has 1 aliphatic heterocycles. The second-order valence-corrected chi connectivity index (χ2v) is 7.86. The molecule has 4 rings (SSSR count). The number of carbonyl (C=O) groups excluding carboxylic acids is 1. The Morgan fingerprint density at radius 1 is 1.07 bits per heavy atom. The van der Waals surface area contributed by atoms with Gasteiger partial charge in [-0.2, -0.15) is 0 Å². The molecule has 3 aromatic carbocycles. The maximum Gasteiger partial charge on any atom is 0.264 e. The number of hydrogen-bond donors (Lipinski definition) is 1. The molecule has 0 saturated carbocycles. The Hall–Kier alpha value is -2.88. The summed E-state index contributed by atoms with van der Waals surface area (Å²) >= 11 is 6.02. The molecule has 29 heavy (non-hydrogen) atoms. The van der Waals surface area contributed by atoms with E-state index in [0.717, 1.165) is 22.4 Å². The first kappa shape index (κ1) is 19.4. The van der Waals surface area contributed by atoms with E-state index in [9.17, 15) is 9.90 Å². The van der Waals surface area contributed by atoms with Crippen molar-refractivity contribution in [3.63, 3.8) is 0 Å². The summed E-state index contributed by atoms with van der Waals surface area (Å²) in [4.78, 5) is 15.3. The van der Waals surface area contributed by atoms with Crippen molar-refractivity contribution in [2.75, 3.05) is 4.90 Å². The number of hydrogen-bond acceptors (Lipinski definition) is 2. The van der Waals surface area contributed by atoms with Gasteiger partial charge >= 0.3 is 0 Å². The van der Waals surface area contributed by atoms with Gasteiger partial charge in [-0.1, -0.05) is 77.8 Å². The number of rotatable bonds is 5. The molecule has 146 valence electrons. The van der Waals surface area contributed by atoms with Crippen LogP contribution < -0.4 is 4.90 Å². The standard InChI is InChI=1S/C25H22ClNO2/c1-3-21(19-12-14-20(26)15-13-19)25(29)22-6-4-5-7-23(22)27(24(25)28)16-18-10-8-17(2)9-11-18/h3-15,21,29H,1,16H2,2H3/t21-,25+/m1/s1. The topological polar surface area (TPSA) is 40.5 Å². The summed E-state index contributed by atoms with van der Waals surface area (Å²) in [5.41, 5.74) is 2.54. The van der Waals surface area contributed by atoms with Crippen molar-refractivity contribution in [2.45, 2.75) is 25.0 Å². The lowest BCUT2D eigenvalue weighted by molar-refractivity contribution is -0.137. The molecule has 0 bridgehead atoms. The number of fused-ring (bicyclic) bond motifs is 1. The summed E-state index contributed by atoms with van der Waals surface area (Å²) < 4.78 is 0. The number of anilines is 1. The summed E-state index contributed by atoms with van der Waals surface area (Å²) in [6.45, 7) is 6.33. The Morgan fingerprint density at radius 3 is 2.38 bits per heavy atom. The third kappa shape index (κ3) is 3.27. The maximum absolute atomic E-state index is 13.6. The molecule has 0 fully saturated rings. The molecule has 0 saturated heterocycles. The summed E-state index contributed by atoms with van der Waals surface area (Å²) in [7, 11) is 0. The van der Waals surface area contributed by atoms with Crippen LogP contribution in [0.5, 0.6) is 0 Å². The highest BCUT2D eigenvalue weighted by Crippen LogP contribution is 2.49. The Morgan fingerprint density at radius 2 is 1.72 bits per heavy atom. The number of aryl methyl sites for hydroxylation is 1. The Labute approximate surface area is 175 Å². The molecule has 4 heteroatoms. The second kappa shape index (κ2) is 7.51. The fraction of sp³-hybridized carbons (Fsp3) is 0.160. The Bertz CT molecular complexity index is 1060. The molecule has 0 aliphatic carbocycles. The third-order valence-corrected chi connectivity index (χ3v) is 5.80. The third-order valence-electron chi connectivity index (χ3n) is 5.55. The number of halogens is 1. The van der Waals surface area contributed by atoms with Gasteiger partial charge in [-0.15, -0.1) is 6.58 Å². The van der Waals surface area contributed by atoms with Crippen LogP contribution in [0.15, 0.2) is 85.5 Å². The van der Waals surface area contributed by atoms with Gasteiger partial charge in [0.15, 0.2) is 5.60 Å². The Kier molecular flexibility index (Phi) is 5.03. The number of nitrogens with zero attached hydrogens (tertiary/aromatic N) is 1. The number of amides is 1. The molecular weight excluding hydrogens is 382 g/mol. The van der Waals surface area contributed by atoms with Crippen molar-refractivity contribution in [2.24, 2.45) is 0 Å². The summed E-state index contributed by atoms with van der Waals surface area (Å²) in [5.74, 6) is -0.949. The molecule has 0 spiro atoms. The lowest BCUT2D eigenvalue weighted by Crippen LogP contribution is -2.44. The van der Waals surface area contributed by atoms with Crippen LogP contribution in [0, 0.1) is 6.92 Å². The first-order valence-corrected chi connectivity index (χ1v) is 9.90. The zero-order chi connectivity index (χ0) is 20.6. The minimum Gasteiger partial charge on any atom is -0.374 e. The average Bonchev–Trinajstić information content (AvgIpc) is 2.94. The maximum atomic E-state index is 13.6. The monoisotopic (exact) mass is 403 g/mol. The van der Waals surface area contributed by atoms with Gasteiger partial charge in [0, 0.05) is 16.5 Å². The van der Waals surface area contributed by atoms with Crippen molar-refractivity contribution < 1.29 is 9.90 Å². The van der Waals surface area contributed by atoms with Crippen LogP contribution in [0.25, 0.3) is 0 Å². The largest absolute Gasteiger partial charge is 0.374 e. The molecule has 1 aliphatic rings. The molecule has 3 nitrogen and oxygen atoms in total. The van der Waals surface area contributed by atoms with Crippen molar-refractivity contribution in [1.29, 1.82) is 0 Å². The second-order valence-electron chi connectivity index (χ2n) is 7.43. The van der Waals surface area contributed by atoms with Gasteiger partial charge in [0.25, 0.3) is 5.91 Å². The van der Waals surface area contributed by atoms with Crippen LogP contribution in [0.2, 0.25) is 5.02 Å². The van der Waals surface area contributed by atoms with Gasteiger partial charge in [-0.05, 0) is 36.2 Å². The van der Waals surface area contributed by atoms with Gasteiger partial charge < -0.3 is 10.0 Å². The van der Waals surface area contributed by atoms with Gasteiger partial charge in [0.1, 0.15) is 0 Å². The predicted octanol–water partition coefficient (Wildman–Crippen LogP) is 5.35. The van der Waals surface area contributed by atoms with E-state index >= 15 is 0 Å². The van der Waals surface area contributed by atoms with Gasteiger partial charge in [-0.3, -0.25) is 4.79 Å². The van der Waals surface area contributed by atoms with E-state index in [4.69, 9.17) is 11.6 Å². The smallest absolute Gasteiger partial charge is 0.264 e. The van der Waals surface area contributed by atoms with Crippen LogP contribution in [-0.4, -0.2) is 11.0 Å². The van der Waals surface area contributed by atoms with E-state index in [0.29, 0.717) is 17.1 Å². The van der Waals surface area contributed by atoms with Gasteiger partial charge in [-0.25, -0.2) is 0 Å². The highest BCUT2D eigenvalue weighted by atomic mass is 35.5. The summed E-state index contributed by atoms with van der Waals surface area (Å²) in [6.07, 6.45) is 1.63. The number of aliphatic hydroxyl groups is 1. The minimum atomic E-state index is -1.73. The average molecular weight is 404 g/mol. The van der Waals surface area contributed by atoms with Crippen LogP contribution in [0.1, 0.15) is 28.2 Å². The van der Waals surface area contributed by atoms with E-state index in [-0.39, 0.29) is 5.91 Å². The van der Waals surface area contributed by atoms with Crippen molar-refractivity contribution in [1.82, 2.24) is 0 Å². The molecule has 2 atom stereocenters. The number of benzene rings is 3. The lowest BCUT2D eigenvalue weighted by Gasteiger charge is -2.30. The lowest BCUT2D eigenvalue weighted by atomic mass is 9.78. The molecule has 3 aromatic rings. The number of para-hydroxylation sites is 1. The summed E-state index contributed by atoms with van der Waals surface area (Å²) in [6, 6.07) is 22.6. The quantitative estimate of drug-likeness (QED) is 0.583. The normalized spacial score (nSPS) is 19.1. The molecule has 1 heterocycles. The van der Waals surface area contributed by atoms with Gasteiger partial charge in [0.2, 0.25) is 0 Å². The van der Waals surface area contributed by atoms with Crippen LogP contribution in [-0.2, 0) is 16.9 Å². The Balaban J connectivity index is 1.79. The SMILES string of the molecule is C=C[C@H](c1ccc(Cl)cc1)[C@@]1(O)C(=O)N(Cc2ccc(C)cc2)c2ccccc21. The highest BCUT2D eigenvalue weighted by Gasteiger charge is 2.54. The zero-order valence-electron chi connectivity index (χ0n) is 16.2. The van der Waals surface area contributed by atoms with E-state index in [1.54, 1.807) is 23.1 Å². The summed E-state index contributed by atoms with van der Waals surface area (Å²) in [5, 5.41) is 12.4. The minimum absolute atomic E-state index is 0.348. The van der Waals surface area contributed by atoms with Crippen molar-refractivity contribution in [3.8, 4) is 0 Å². The van der Waals surface area contributed by atoms with E-state index < -0.39 is 11.5 Å². The van der Waals surface area contributed by atoms with E-state index in [1.807, 2.05) is 67.6 Å². The molecule has 1 N–H and O–H groups in total. The predicted molar refractivity (Wildman–Crippen MR) is 117 cm³/mol. The zero-order valence-corrected chi connectivity index (χ0v) is 16.9. The number of carbonyl (C=O) groups is 1. The van der Waals surface area contributed by atoms with E-state index in [2.05, 4.69) is 6.58 Å². The van der Waals surface area contributed by atoms with Gasteiger partial charge in [0.05, 0.1) is 12.2 Å². The molecule has 0 radical (unpaired) electrons. The van der Waals surface area contributed by atoms with Crippen LogP contribution in [0.4, 0.5) is 5.69 Å². The highest BCUT2D eigenvalue weighted by molar-refractivity contribution is 6.30. The fourth-order valence-electron chi connectivity index (χ4n) is 4.01. The van der Waals surface area contributed by atoms with Crippen molar-refractivity contribution >= 4 is 23.2 Å². The first-order chi connectivity index (χ1) is 13.9. The fourth-order valence-corrected chi connectivity index (χ4v) is 4.14. The van der Waals surface area contributed by atoms with Crippen molar-refractivity contribution in [3.05, 3.63) is 113 Å². The van der Waals surface area contributed by atoms with Crippen LogP contribution >= 0.6 is 11.6 Å². The van der Waals surface area contributed by atoms with E-state index in [1.165, 1.54) is 0 Å².